The van der Waals surface area contributed by atoms with Crippen molar-refractivity contribution < 1.29 is 0 Å². The lowest BCUT2D eigenvalue weighted by Crippen LogP contribution is -2.37. The average Bonchev–Trinajstić information content (AvgIpc) is 2.72. The molecule has 1 aromatic heterocycles. The Labute approximate surface area is 112 Å². The third-order valence-electron chi connectivity index (χ3n) is 4.01. The summed E-state index contributed by atoms with van der Waals surface area (Å²) in [6.45, 7) is 1.16. The Morgan fingerprint density at radius 3 is 3.00 bits per heavy atom. The molecule has 2 heterocycles. The zero-order valence-corrected chi connectivity index (χ0v) is 11.6. The van der Waals surface area contributed by atoms with E-state index in [1.807, 2.05) is 11.3 Å². The summed E-state index contributed by atoms with van der Waals surface area (Å²) in [5.41, 5.74) is 7.84. The van der Waals surface area contributed by atoms with E-state index < -0.39 is 0 Å². The predicted octanol–water partition coefficient (Wildman–Crippen LogP) is 3.39. The topological polar surface area (TPSA) is 29.3 Å². The van der Waals surface area contributed by atoms with Crippen molar-refractivity contribution >= 4 is 21.4 Å². The summed E-state index contributed by atoms with van der Waals surface area (Å²) in [6, 6.07) is 9.30. The smallest absolute Gasteiger partial charge is 0.0510 e. The molecule has 2 atom stereocenters. The van der Waals surface area contributed by atoms with Gasteiger partial charge in [-0.15, -0.1) is 11.3 Å². The Hall–Kier alpha value is -0.900. The minimum absolute atomic E-state index is 0.260. The van der Waals surface area contributed by atoms with Crippen LogP contribution < -0.4 is 5.73 Å². The zero-order valence-electron chi connectivity index (χ0n) is 10.8. The van der Waals surface area contributed by atoms with Crippen LogP contribution in [0.5, 0.6) is 0 Å². The molecule has 0 spiro atoms. The van der Waals surface area contributed by atoms with Gasteiger partial charge >= 0.3 is 0 Å². The molecule has 1 saturated heterocycles. The highest BCUT2D eigenvalue weighted by Crippen LogP contribution is 2.36. The van der Waals surface area contributed by atoms with Crippen molar-refractivity contribution in [2.24, 2.45) is 5.73 Å². The van der Waals surface area contributed by atoms with Gasteiger partial charge in [-0.1, -0.05) is 24.6 Å². The number of likely N-dealkylation sites (tertiary alicyclic amines) is 1. The quantitative estimate of drug-likeness (QED) is 0.851. The van der Waals surface area contributed by atoms with Gasteiger partial charge < -0.3 is 5.73 Å². The highest BCUT2D eigenvalue weighted by Gasteiger charge is 2.28. The lowest BCUT2D eigenvalue weighted by Gasteiger charge is -2.30. The summed E-state index contributed by atoms with van der Waals surface area (Å²) < 4.78 is 1.37. The van der Waals surface area contributed by atoms with E-state index in [0.29, 0.717) is 6.04 Å². The highest BCUT2D eigenvalue weighted by molar-refractivity contribution is 7.17. The first-order valence-electron chi connectivity index (χ1n) is 6.69. The van der Waals surface area contributed by atoms with Crippen molar-refractivity contribution in [3.8, 4) is 0 Å². The van der Waals surface area contributed by atoms with Crippen LogP contribution in [-0.4, -0.2) is 24.5 Å². The summed E-state index contributed by atoms with van der Waals surface area (Å²) in [7, 11) is 2.21. The number of hydrogen-bond acceptors (Lipinski definition) is 3. The molecule has 0 bridgehead atoms. The molecule has 2 unspecified atom stereocenters. The Morgan fingerprint density at radius 2 is 2.11 bits per heavy atom. The van der Waals surface area contributed by atoms with Gasteiger partial charge in [0, 0.05) is 10.7 Å². The summed E-state index contributed by atoms with van der Waals surface area (Å²) in [5.74, 6) is 0. The second-order valence-corrected chi connectivity index (χ2v) is 6.18. The summed E-state index contributed by atoms with van der Waals surface area (Å²) >= 11 is 1.84. The predicted molar refractivity (Wildman–Crippen MR) is 79.0 cm³/mol. The first-order valence-corrected chi connectivity index (χ1v) is 7.57. The van der Waals surface area contributed by atoms with E-state index in [1.54, 1.807) is 0 Å². The number of nitrogens with zero attached hydrogens (tertiary/aromatic N) is 1. The number of likely N-dealkylation sites (N-methyl/N-ethyl adjacent to an activating group) is 1. The number of fused-ring (bicyclic) bond motifs is 1. The van der Waals surface area contributed by atoms with Crippen molar-refractivity contribution in [2.45, 2.75) is 31.3 Å². The SMILES string of the molecule is CN1CCCCC(N)C1c1csc2ccccc12. The molecule has 2 nitrogen and oxygen atoms in total. The van der Waals surface area contributed by atoms with Crippen molar-refractivity contribution in [3.05, 3.63) is 35.2 Å². The molecule has 0 amide bonds. The lowest BCUT2D eigenvalue weighted by molar-refractivity contribution is 0.232. The van der Waals surface area contributed by atoms with Gasteiger partial charge in [0.1, 0.15) is 0 Å². The monoisotopic (exact) mass is 260 g/mol. The van der Waals surface area contributed by atoms with E-state index in [9.17, 15) is 0 Å². The van der Waals surface area contributed by atoms with Crippen LogP contribution in [0, 0.1) is 0 Å². The summed E-state index contributed by atoms with van der Waals surface area (Å²) in [6.07, 6.45) is 3.66. The molecular formula is C15H20N2S. The van der Waals surface area contributed by atoms with Crippen molar-refractivity contribution in [2.75, 3.05) is 13.6 Å². The standard InChI is InChI=1S/C15H20N2S/c1-17-9-5-4-7-13(16)15(17)12-10-18-14-8-3-2-6-11(12)14/h2-3,6,8,10,13,15H,4-5,7,9,16H2,1H3. The van der Waals surface area contributed by atoms with E-state index in [-0.39, 0.29) is 6.04 Å². The van der Waals surface area contributed by atoms with Crippen LogP contribution in [-0.2, 0) is 0 Å². The highest BCUT2D eigenvalue weighted by atomic mass is 32.1. The molecule has 1 fully saturated rings. The fraction of sp³-hybridized carbons (Fsp3) is 0.467. The molecule has 0 radical (unpaired) electrons. The molecule has 18 heavy (non-hydrogen) atoms. The first-order chi connectivity index (χ1) is 8.77. The lowest BCUT2D eigenvalue weighted by atomic mass is 9.96. The molecule has 3 rings (SSSR count). The summed E-state index contributed by atoms with van der Waals surface area (Å²) in [4.78, 5) is 2.44. The number of rotatable bonds is 1. The number of benzene rings is 1. The maximum atomic E-state index is 6.41. The number of thiophene rings is 1. The van der Waals surface area contributed by atoms with Crippen LogP contribution in [0.25, 0.3) is 10.1 Å². The van der Waals surface area contributed by atoms with Gasteiger partial charge in [-0.3, -0.25) is 4.90 Å². The van der Waals surface area contributed by atoms with E-state index >= 15 is 0 Å². The van der Waals surface area contributed by atoms with Gasteiger partial charge in [-0.05, 0) is 48.8 Å². The Balaban J connectivity index is 2.06. The third kappa shape index (κ3) is 2.07. The van der Waals surface area contributed by atoms with Crippen LogP contribution in [0.1, 0.15) is 30.9 Å². The average molecular weight is 260 g/mol. The van der Waals surface area contributed by atoms with Crippen LogP contribution in [0.2, 0.25) is 0 Å². The molecule has 96 valence electrons. The van der Waals surface area contributed by atoms with E-state index in [1.165, 1.54) is 28.5 Å². The molecule has 0 saturated carbocycles. The van der Waals surface area contributed by atoms with Crippen LogP contribution in [0.4, 0.5) is 0 Å². The minimum Gasteiger partial charge on any atom is -0.326 e. The van der Waals surface area contributed by atoms with Crippen LogP contribution >= 0.6 is 11.3 Å². The molecule has 0 aliphatic carbocycles. The number of nitrogens with two attached hydrogens (primary N) is 1. The molecule has 1 aromatic carbocycles. The molecule has 2 N–H and O–H groups in total. The van der Waals surface area contributed by atoms with Crippen molar-refractivity contribution in [3.63, 3.8) is 0 Å². The first kappa shape index (κ1) is 12.2. The Bertz CT molecular complexity index is 522. The van der Waals surface area contributed by atoms with Crippen molar-refractivity contribution in [1.29, 1.82) is 0 Å². The Kier molecular flexibility index (Phi) is 3.37. The van der Waals surface area contributed by atoms with Gasteiger partial charge in [0.2, 0.25) is 0 Å². The van der Waals surface area contributed by atoms with Gasteiger partial charge in [0.15, 0.2) is 0 Å². The van der Waals surface area contributed by atoms with E-state index in [0.717, 1.165) is 13.0 Å². The van der Waals surface area contributed by atoms with Crippen LogP contribution in [0.3, 0.4) is 0 Å². The summed E-state index contributed by atoms with van der Waals surface area (Å²) in [5, 5.41) is 3.69. The second-order valence-electron chi connectivity index (χ2n) is 5.27. The fourth-order valence-corrected chi connectivity index (χ4v) is 4.05. The third-order valence-corrected chi connectivity index (χ3v) is 4.99. The second kappa shape index (κ2) is 5.00. The van der Waals surface area contributed by atoms with Crippen LogP contribution in [0.15, 0.2) is 29.6 Å². The maximum absolute atomic E-state index is 6.41. The number of hydrogen-bond donors (Lipinski definition) is 1. The van der Waals surface area contributed by atoms with Crippen molar-refractivity contribution in [1.82, 2.24) is 4.90 Å². The fourth-order valence-electron chi connectivity index (χ4n) is 3.06. The van der Waals surface area contributed by atoms with Gasteiger partial charge in [-0.25, -0.2) is 0 Å². The molecule has 1 aliphatic rings. The van der Waals surface area contributed by atoms with E-state index in [4.69, 9.17) is 5.73 Å². The Morgan fingerprint density at radius 1 is 1.28 bits per heavy atom. The molecular weight excluding hydrogens is 240 g/mol. The molecule has 3 heteroatoms. The normalized spacial score (nSPS) is 26.3. The minimum atomic E-state index is 0.260. The van der Waals surface area contributed by atoms with Gasteiger partial charge in [0.05, 0.1) is 6.04 Å². The largest absolute Gasteiger partial charge is 0.326 e. The zero-order chi connectivity index (χ0) is 12.5. The van der Waals surface area contributed by atoms with Gasteiger partial charge in [0.25, 0.3) is 0 Å². The van der Waals surface area contributed by atoms with E-state index in [2.05, 4.69) is 41.6 Å². The molecule has 2 aromatic rings. The molecule has 1 aliphatic heterocycles. The van der Waals surface area contributed by atoms with Gasteiger partial charge in [-0.2, -0.15) is 0 Å². The maximum Gasteiger partial charge on any atom is 0.0510 e.